The summed E-state index contributed by atoms with van der Waals surface area (Å²) < 4.78 is 13.7. The number of carbonyl (C=O) groups is 1. The Bertz CT molecular complexity index is 1320. The highest BCUT2D eigenvalue weighted by Crippen LogP contribution is 2.32. The van der Waals surface area contributed by atoms with Crippen LogP contribution in [0, 0.1) is 0 Å². The number of esters is 1. The number of rotatable bonds is 7. The van der Waals surface area contributed by atoms with Gasteiger partial charge in [0.1, 0.15) is 11.6 Å². The van der Waals surface area contributed by atoms with Crippen LogP contribution in [0.5, 0.6) is 5.75 Å². The lowest BCUT2D eigenvalue weighted by Gasteiger charge is -2.22. The zero-order valence-electron chi connectivity index (χ0n) is 19.7. The zero-order chi connectivity index (χ0) is 24.9. The zero-order valence-corrected chi connectivity index (χ0v) is 22.8. The lowest BCUT2D eigenvalue weighted by molar-refractivity contribution is -0.150. The van der Waals surface area contributed by atoms with Crippen LogP contribution in [-0.2, 0) is 9.53 Å². The third-order valence-corrected chi connectivity index (χ3v) is 7.12. The van der Waals surface area contributed by atoms with E-state index in [4.69, 9.17) is 14.5 Å². The van der Waals surface area contributed by atoms with Gasteiger partial charge in [0.15, 0.2) is 6.10 Å². The van der Waals surface area contributed by atoms with Crippen molar-refractivity contribution >= 4 is 54.9 Å². The standard InChI is InChI=1S/C26H27Br2N3O4/c1-3-34-26(33)16(2)35-23-12-9-17(13-21(23)28)15-29-31-24(18-7-5-4-6-8-18)30-22-11-10-19(27)14-20(22)25(31)32/h9-16,18H,3-8H2,1-2H3/t16-/m0/s1. The summed E-state index contributed by atoms with van der Waals surface area (Å²) in [5.41, 5.74) is 1.27. The highest BCUT2D eigenvalue weighted by Gasteiger charge is 2.22. The van der Waals surface area contributed by atoms with Crippen LogP contribution in [0.1, 0.15) is 63.3 Å². The smallest absolute Gasteiger partial charge is 0.347 e. The number of hydrogen-bond acceptors (Lipinski definition) is 6. The third kappa shape index (κ3) is 6.01. The van der Waals surface area contributed by atoms with Crippen LogP contribution in [-0.4, -0.2) is 34.6 Å². The van der Waals surface area contributed by atoms with Gasteiger partial charge in [-0.05, 0) is 84.6 Å². The molecule has 3 aromatic rings. The van der Waals surface area contributed by atoms with Crippen molar-refractivity contribution in [2.75, 3.05) is 6.61 Å². The molecule has 0 aliphatic heterocycles. The first-order chi connectivity index (χ1) is 16.9. The maximum absolute atomic E-state index is 13.4. The van der Waals surface area contributed by atoms with Crippen LogP contribution in [0.3, 0.4) is 0 Å². The van der Waals surface area contributed by atoms with Crippen molar-refractivity contribution in [2.45, 2.75) is 58.0 Å². The Hall–Kier alpha value is -2.52. The van der Waals surface area contributed by atoms with Crippen LogP contribution in [0.4, 0.5) is 0 Å². The molecule has 0 spiro atoms. The largest absolute Gasteiger partial charge is 0.478 e. The Kier molecular flexibility index (Phi) is 8.38. The minimum Gasteiger partial charge on any atom is -0.478 e. The summed E-state index contributed by atoms with van der Waals surface area (Å²) in [6.45, 7) is 3.69. The Labute approximate surface area is 220 Å². The predicted octanol–water partition coefficient (Wildman–Crippen LogP) is 6.18. The van der Waals surface area contributed by atoms with E-state index in [2.05, 4.69) is 37.0 Å². The van der Waals surface area contributed by atoms with E-state index < -0.39 is 12.1 Å². The van der Waals surface area contributed by atoms with Gasteiger partial charge in [-0.25, -0.2) is 9.78 Å². The summed E-state index contributed by atoms with van der Waals surface area (Å²) in [4.78, 5) is 30.2. The van der Waals surface area contributed by atoms with Crippen molar-refractivity contribution < 1.29 is 14.3 Å². The van der Waals surface area contributed by atoms with Crippen molar-refractivity contribution in [2.24, 2.45) is 5.10 Å². The van der Waals surface area contributed by atoms with Crippen molar-refractivity contribution in [3.05, 3.63) is 67.1 Å². The first-order valence-electron chi connectivity index (χ1n) is 11.8. The van der Waals surface area contributed by atoms with E-state index in [1.165, 1.54) is 11.1 Å². The third-order valence-electron chi connectivity index (χ3n) is 6.00. The van der Waals surface area contributed by atoms with E-state index in [0.29, 0.717) is 33.6 Å². The van der Waals surface area contributed by atoms with Gasteiger partial charge < -0.3 is 9.47 Å². The first kappa shape index (κ1) is 25.6. The van der Waals surface area contributed by atoms with Crippen molar-refractivity contribution in [3.8, 4) is 5.75 Å². The lowest BCUT2D eigenvalue weighted by Crippen LogP contribution is -2.26. The van der Waals surface area contributed by atoms with Gasteiger partial charge in [0.05, 0.1) is 28.2 Å². The van der Waals surface area contributed by atoms with Crippen molar-refractivity contribution in [1.29, 1.82) is 0 Å². The molecule has 184 valence electrons. The average Bonchev–Trinajstić information content (AvgIpc) is 2.86. The predicted molar refractivity (Wildman–Crippen MR) is 143 cm³/mol. The quantitative estimate of drug-likeness (QED) is 0.237. The highest BCUT2D eigenvalue weighted by atomic mass is 79.9. The maximum Gasteiger partial charge on any atom is 0.347 e. The molecule has 1 fully saturated rings. The molecule has 2 aromatic carbocycles. The van der Waals surface area contributed by atoms with Gasteiger partial charge in [-0.1, -0.05) is 35.2 Å². The van der Waals surface area contributed by atoms with Crippen LogP contribution in [0.25, 0.3) is 10.9 Å². The topological polar surface area (TPSA) is 82.8 Å². The lowest BCUT2D eigenvalue weighted by atomic mass is 9.88. The molecule has 1 atom stereocenters. The van der Waals surface area contributed by atoms with E-state index in [1.807, 2.05) is 24.3 Å². The number of nitrogens with zero attached hydrogens (tertiary/aromatic N) is 3. The fourth-order valence-electron chi connectivity index (χ4n) is 4.22. The van der Waals surface area contributed by atoms with E-state index in [-0.39, 0.29) is 11.5 Å². The van der Waals surface area contributed by atoms with E-state index in [1.54, 1.807) is 32.2 Å². The van der Waals surface area contributed by atoms with E-state index >= 15 is 0 Å². The van der Waals surface area contributed by atoms with Gasteiger partial charge in [-0.2, -0.15) is 9.78 Å². The van der Waals surface area contributed by atoms with Gasteiger partial charge in [-0.3, -0.25) is 4.79 Å². The number of hydrogen-bond donors (Lipinski definition) is 0. The summed E-state index contributed by atoms with van der Waals surface area (Å²) in [5, 5.41) is 5.10. The fraction of sp³-hybridized carbons (Fsp3) is 0.385. The SMILES string of the molecule is CCOC(=O)[C@H](C)Oc1ccc(C=Nn2c(C3CCCCC3)nc3ccc(Br)cc3c2=O)cc1Br. The second-order valence-corrected chi connectivity index (χ2v) is 10.3. The number of benzene rings is 2. The molecule has 1 aromatic heterocycles. The van der Waals surface area contributed by atoms with E-state index in [9.17, 15) is 9.59 Å². The molecule has 1 aliphatic rings. The van der Waals surface area contributed by atoms with Crippen LogP contribution >= 0.6 is 31.9 Å². The Balaban J connectivity index is 1.66. The van der Waals surface area contributed by atoms with Crippen LogP contribution in [0.2, 0.25) is 0 Å². The Morgan fingerprint density at radius 2 is 1.97 bits per heavy atom. The fourth-order valence-corrected chi connectivity index (χ4v) is 5.07. The average molecular weight is 605 g/mol. The summed E-state index contributed by atoms with van der Waals surface area (Å²) in [5.74, 6) is 1.01. The molecule has 0 bridgehead atoms. The molecule has 0 amide bonds. The molecule has 1 heterocycles. The van der Waals surface area contributed by atoms with Gasteiger partial charge in [0.25, 0.3) is 5.56 Å². The second-order valence-electron chi connectivity index (χ2n) is 8.53. The molecule has 0 unspecified atom stereocenters. The summed E-state index contributed by atoms with van der Waals surface area (Å²) in [6.07, 6.45) is 6.37. The van der Waals surface area contributed by atoms with Crippen molar-refractivity contribution in [1.82, 2.24) is 9.66 Å². The van der Waals surface area contributed by atoms with Gasteiger partial charge in [0, 0.05) is 10.4 Å². The first-order valence-corrected chi connectivity index (χ1v) is 13.4. The highest BCUT2D eigenvalue weighted by molar-refractivity contribution is 9.10. The molecule has 35 heavy (non-hydrogen) atoms. The number of fused-ring (bicyclic) bond motifs is 1. The molecular weight excluding hydrogens is 578 g/mol. The molecule has 1 aliphatic carbocycles. The van der Waals surface area contributed by atoms with Gasteiger partial charge in [0.2, 0.25) is 0 Å². The van der Waals surface area contributed by atoms with Gasteiger partial charge >= 0.3 is 5.97 Å². The normalized spacial score (nSPS) is 15.4. The van der Waals surface area contributed by atoms with Crippen LogP contribution in [0.15, 0.2) is 55.2 Å². The van der Waals surface area contributed by atoms with Crippen LogP contribution < -0.4 is 10.3 Å². The summed E-state index contributed by atoms with van der Waals surface area (Å²) in [6, 6.07) is 11.0. The van der Waals surface area contributed by atoms with Crippen molar-refractivity contribution in [3.63, 3.8) is 0 Å². The molecular formula is C26H27Br2N3O4. The molecule has 9 heteroatoms. The van der Waals surface area contributed by atoms with E-state index in [0.717, 1.165) is 35.7 Å². The number of aromatic nitrogens is 2. The monoisotopic (exact) mass is 603 g/mol. The number of carbonyl (C=O) groups excluding carboxylic acids is 1. The molecule has 0 N–H and O–H groups in total. The summed E-state index contributed by atoms with van der Waals surface area (Å²) in [7, 11) is 0. The minimum absolute atomic E-state index is 0.185. The number of halogens is 2. The Morgan fingerprint density at radius 1 is 1.20 bits per heavy atom. The second kappa shape index (κ2) is 11.5. The molecule has 0 radical (unpaired) electrons. The molecule has 4 rings (SSSR count). The molecule has 1 saturated carbocycles. The van der Waals surface area contributed by atoms with Gasteiger partial charge in [-0.15, -0.1) is 0 Å². The summed E-state index contributed by atoms with van der Waals surface area (Å²) >= 11 is 6.95. The molecule has 7 nitrogen and oxygen atoms in total. The number of ether oxygens (including phenoxy) is 2. The molecule has 0 saturated heterocycles. The Morgan fingerprint density at radius 3 is 2.69 bits per heavy atom. The maximum atomic E-state index is 13.4. The minimum atomic E-state index is -0.731.